The molecule has 144 valence electrons. The molecule has 0 atom stereocenters. The van der Waals surface area contributed by atoms with Crippen LogP contribution >= 0.6 is 0 Å². The molecule has 0 aliphatic rings. The number of esters is 1. The predicted molar refractivity (Wildman–Crippen MR) is 99.1 cm³/mol. The molecule has 2 heterocycles. The molecule has 1 aromatic carbocycles. The van der Waals surface area contributed by atoms with Crippen LogP contribution in [0.3, 0.4) is 0 Å². The van der Waals surface area contributed by atoms with E-state index in [0.717, 1.165) is 4.57 Å². The van der Waals surface area contributed by atoms with Gasteiger partial charge < -0.3 is 4.74 Å². The summed E-state index contributed by atoms with van der Waals surface area (Å²) in [6, 6.07) is 7.16. The van der Waals surface area contributed by atoms with Crippen LogP contribution in [0.25, 0.3) is 10.9 Å². The van der Waals surface area contributed by atoms with E-state index in [-0.39, 0.29) is 24.2 Å². The van der Waals surface area contributed by atoms with E-state index in [9.17, 15) is 24.5 Å². The van der Waals surface area contributed by atoms with Crippen LogP contribution in [0.5, 0.6) is 0 Å². The average Bonchev–Trinajstić information content (AvgIpc) is 2.69. The van der Waals surface area contributed by atoms with Gasteiger partial charge in [0.2, 0.25) is 0 Å². The number of ether oxygens (including phenoxy) is 1. The maximum absolute atomic E-state index is 12.9. The molecule has 0 saturated heterocycles. The fourth-order valence-corrected chi connectivity index (χ4v) is 2.80. The second kappa shape index (κ2) is 7.82. The van der Waals surface area contributed by atoms with Gasteiger partial charge in [-0.05, 0) is 18.6 Å². The number of carbonyl (C=O) groups excluding carboxylic acids is 1. The summed E-state index contributed by atoms with van der Waals surface area (Å²) in [5, 5.41) is 11.0. The van der Waals surface area contributed by atoms with Gasteiger partial charge in [-0.15, -0.1) is 0 Å². The van der Waals surface area contributed by atoms with Gasteiger partial charge in [0.15, 0.2) is 0 Å². The number of rotatable bonds is 6. The number of nitrogens with zero attached hydrogens (tertiary/aromatic N) is 4. The summed E-state index contributed by atoms with van der Waals surface area (Å²) >= 11 is 0. The summed E-state index contributed by atoms with van der Waals surface area (Å²) in [7, 11) is 0. The third kappa shape index (κ3) is 3.65. The third-order valence-electron chi connectivity index (χ3n) is 4.11. The van der Waals surface area contributed by atoms with Crippen molar-refractivity contribution in [3.05, 3.63) is 79.2 Å². The second-order valence-corrected chi connectivity index (χ2v) is 5.88. The number of nitro benzene ring substituents is 1. The standard InChI is InChI=1S/C18H16N4O6/c1-2-28-16(23)11-21-17(24)14-7-8-19-9-15(14)20(18(21)25)10-12-3-5-13(6-4-12)22(26)27/h3-9H,2,10-11H2,1H3. The summed E-state index contributed by atoms with van der Waals surface area (Å²) < 4.78 is 6.95. The van der Waals surface area contributed by atoms with Crippen LogP contribution in [0.2, 0.25) is 0 Å². The Labute approximate surface area is 157 Å². The van der Waals surface area contributed by atoms with Crippen molar-refractivity contribution >= 4 is 22.6 Å². The van der Waals surface area contributed by atoms with Gasteiger partial charge >= 0.3 is 11.7 Å². The number of carbonyl (C=O) groups is 1. The van der Waals surface area contributed by atoms with Crippen LogP contribution in [-0.2, 0) is 22.6 Å². The number of benzene rings is 1. The van der Waals surface area contributed by atoms with Crippen molar-refractivity contribution in [2.75, 3.05) is 6.61 Å². The third-order valence-corrected chi connectivity index (χ3v) is 4.11. The monoisotopic (exact) mass is 384 g/mol. The lowest BCUT2D eigenvalue weighted by molar-refractivity contribution is -0.384. The molecule has 0 unspecified atom stereocenters. The maximum Gasteiger partial charge on any atom is 0.332 e. The van der Waals surface area contributed by atoms with Crippen molar-refractivity contribution in [1.82, 2.24) is 14.1 Å². The molecule has 0 saturated carbocycles. The van der Waals surface area contributed by atoms with E-state index in [4.69, 9.17) is 4.74 Å². The first-order valence-electron chi connectivity index (χ1n) is 8.38. The molecule has 3 rings (SSSR count). The quantitative estimate of drug-likeness (QED) is 0.353. The minimum Gasteiger partial charge on any atom is -0.465 e. The van der Waals surface area contributed by atoms with Crippen LogP contribution in [0, 0.1) is 10.1 Å². The molecular weight excluding hydrogens is 368 g/mol. The Morgan fingerprint density at radius 3 is 2.54 bits per heavy atom. The van der Waals surface area contributed by atoms with Crippen LogP contribution < -0.4 is 11.2 Å². The molecule has 10 nitrogen and oxygen atoms in total. The number of aromatic nitrogens is 3. The van der Waals surface area contributed by atoms with Crippen molar-refractivity contribution in [1.29, 1.82) is 0 Å². The minimum absolute atomic E-state index is 0.0438. The first kappa shape index (κ1) is 19.0. The number of non-ortho nitro benzene ring substituents is 1. The Bertz CT molecular complexity index is 1160. The Morgan fingerprint density at radius 1 is 1.18 bits per heavy atom. The lowest BCUT2D eigenvalue weighted by Gasteiger charge is -2.13. The zero-order valence-corrected chi connectivity index (χ0v) is 14.9. The lowest BCUT2D eigenvalue weighted by atomic mass is 10.2. The molecule has 3 aromatic rings. The molecule has 0 N–H and O–H groups in total. The van der Waals surface area contributed by atoms with Gasteiger partial charge in [0, 0.05) is 18.3 Å². The van der Waals surface area contributed by atoms with E-state index in [1.807, 2.05) is 0 Å². The number of hydrogen-bond acceptors (Lipinski definition) is 7. The summed E-state index contributed by atoms with van der Waals surface area (Å²) in [4.78, 5) is 51.6. The van der Waals surface area contributed by atoms with Gasteiger partial charge in [-0.2, -0.15) is 0 Å². The van der Waals surface area contributed by atoms with E-state index < -0.39 is 28.7 Å². The molecule has 0 aliphatic heterocycles. The molecule has 28 heavy (non-hydrogen) atoms. The molecule has 2 aromatic heterocycles. The van der Waals surface area contributed by atoms with E-state index >= 15 is 0 Å². The molecular formula is C18H16N4O6. The first-order valence-corrected chi connectivity index (χ1v) is 8.38. The predicted octanol–water partition coefficient (Wildman–Crippen LogP) is 1.08. The molecule has 0 bridgehead atoms. The topological polar surface area (TPSA) is 126 Å². The zero-order chi connectivity index (χ0) is 20.3. The summed E-state index contributed by atoms with van der Waals surface area (Å²) in [5.41, 5.74) is -0.475. The second-order valence-electron chi connectivity index (χ2n) is 5.88. The normalized spacial score (nSPS) is 10.8. The van der Waals surface area contributed by atoms with Crippen LogP contribution in [0.4, 0.5) is 5.69 Å². The maximum atomic E-state index is 12.9. The molecule has 0 aliphatic carbocycles. The fourth-order valence-electron chi connectivity index (χ4n) is 2.80. The number of hydrogen-bond donors (Lipinski definition) is 0. The Morgan fingerprint density at radius 2 is 1.89 bits per heavy atom. The van der Waals surface area contributed by atoms with Crippen molar-refractivity contribution in [3.8, 4) is 0 Å². The van der Waals surface area contributed by atoms with E-state index in [2.05, 4.69) is 4.98 Å². The SMILES string of the molecule is CCOC(=O)Cn1c(=O)c2ccncc2n(Cc2ccc([N+](=O)[O-])cc2)c1=O. The zero-order valence-electron chi connectivity index (χ0n) is 14.9. The highest BCUT2D eigenvalue weighted by Crippen LogP contribution is 2.14. The highest BCUT2D eigenvalue weighted by molar-refractivity contribution is 5.77. The Hall–Kier alpha value is -3.82. The van der Waals surface area contributed by atoms with Crippen LogP contribution in [-0.4, -0.2) is 31.6 Å². The van der Waals surface area contributed by atoms with Crippen molar-refractivity contribution in [2.24, 2.45) is 0 Å². The van der Waals surface area contributed by atoms with Gasteiger partial charge in [-0.1, -0.05) is 12.1 Å². The fraction of sp³-hybridized carbons (Fsp3) is 0.222. The molecule has 0 radical (unpaired) electrons. The van der Waals surface area contributed by atoms with Gasteiger partial charge in [0.25, 0.3) is 11.2 Å². The minimum atomic E-state index is -0.697. The largest absolute Gasteiger partial charge is 0.465 e. The van der Waals surface area contributed by atoms with Crippen molar-refractivity contribution < 1.29 is 14.5 Å². The molecule has 10 heteroatoms. The Kier molecular flexibility index (Phi) is 5.30. The van der Waals surface area contributed by atoms with Crippen molar-refractivity contribution in [3.63, 3.8) is 0 Å². The van der Waals surface area contributed by atoms with E-state index in [1.54, 1.807) is 6.92 Å². The number of fused-ring (bicyclic) bond motifs is 1. The summed E-state index contributed by atoms with van der Waals surface area (Å²) in [6.07, 6.45) is 2.80. The highest BCUT2D eigenvalue weighted by Gasteiger charge is 2.16. The molecule has 0 amide bonds. The van der Waals surface area contributed by atoms with Crippen LogP contribution in [0.1, 0.15) is 12.5 Å². The number of nitro groups is 1. The van der Waals surface area contributed by atoms with Gasteiger partial charge in [0.1, 0.15) is 6.54 Å². The summed E-state index contributed by atoms with van der Waals surface area (Å²) in [5.74, 6) is -0.697. The molecule has 0 fully saturated rings. The van der Waals surface area contributed by atoms with Gasteiger partial charge in [-0.3, -0.25) is 29.3 Å². The summed E-state index contributed by atoms with van der Waals surface area (Å²) in [6.45, 7) is 1.29. The van der Waals surface area contributed by atoms with E-state index in [0.29, 0.717) is 11.1 Å². The Balaban J connectivity index is 2.12. The smallest absolute Gasteiger partial charge is 0.332 e. The first-order chi connectivity index (χ1) is 13.4. The van der Waals surface area contributed by atoms with Crippen LogP contribution in [0.15, 0.2) is 52.3 Å². The van der Waals surface area contributed by atoms with Gasteiger partial charge in [-0.25, -0.2) is 9.36 Å². The average molecular weight is 384 g/mol. The van der Waals surface area contributed by atoms with Crippen molar-refractivity contribution in [2.45, 2.75) is 20.0 Å². The molecule has 0 spiro atoms. The highest BCUT2D eigenvalue weighted by atomic mass is 16.6. The number of pyridine rings is 1. The van der Waals surface area contributed by atoms with Gasteiger partial charge in [0.05, 0.1) is 35.2 Å². The van der Waals surface area contributed by atoms with E-state index in [1.165, 1.54) is 47.3 Å². The lowest BCUT2D eigenvalue weighted by Crippen LogP contribution is -2.42.